The normalized spacial score (nSPS) is 10.6. The second-order valence-corrected chi connectivity index (χ2v) is 7.64. The quantitative estimate of drug-likeness (QED) is 0.766. The first-order valence-electron chi connectivity index (χ1n) is 6.34. The topological polar surface area (TPSA) is 79.3 Å². The molecule has 2 aromatic heterocycles. The van der Waals surface area contributed by atoms with E-state index in [0.717, 1.165) is 5.56 Å². The molecule has 118 valence electrons. The van der Waals surface area contributed by atoms with Gasteiger partial charge in [0.25, 0.3) is 0 Å². The Morgan fingerprint density at radius 1 is 1.36 bits per heavy atom. The minimum absolute atomic E-state index is 0.00164. The fraction of sp³-hybridized carbons (Fsp3) is 0.308. The van der Waals surface area contributed by atoms with Gasteiger partial charge in [-0.2, -0.15) is 0 Å². The number of nitrogens with zero attached hydrogens (tertiary/aromatic N) is 1. The number of thiazole rings is 1. The zero-order valence-corrected chi connectivity index (χ0v) is 14.4. The van der Waals surface area contributed by atoms with Gasteiger partial charge in [0.1, 0.15) is 5.01 Å². The van der Waals surface area contributed by atoms with Crippen molar-refractivity contribution in [1.29, 1.82) is 0 Å². The number of hydrogen-bond acceptors (Lipinski definition) is 5. The molecule has 2 N–H and O–H groups in total. The van der Waals surface area contributed by atoms with Crippen molar-refractivity contribution in [1.82, 2.24) is 10.3 Å². The SMILES string of the molecule is O=C(CCCc1cc(Cl)sc1Cl)NCc1nc(C(=O)O)cs1. The highest BCUT2D eigenvalue weighted by Crippen LogP contribution is 2.31. The summed E-state index contributed by atoms with van der Waals surface area (Å²) < 4.78 is 1.30. The number of rotatable bonds is 7. The molecular weight excluding hydrogens is 367 g/mol. The Kier molecular flexibility index (Phi) is 6.19. The van der Waals surface area contributed by atoms with Crippen LogP contribution in [0.1, 0.15) is 33.9 Å². The van der Waals surface area contributed by atoms with Gasteiger partial charge in [-0.1, -0.05) is 23.2 Å². The first-order valence-corrected chi connectivity index (χ1v) is 8.79. The van der Waals surface area contributed by atoms with Gasteiger partial charge >= 0.3 is 5.97 Å². The summed E-state index contributed by atoms with van der Waals surface area (Å²) in [5, 5.41) is 13.5. The molecule has 0 radical (unpaired) electrons. The Labute approximate surface area is 144 Å². The molecule has 0 aliphatic heterocycles. The maximum absolute atomic E-state index is 11.7. The van der Waals surface area contributed by atoms with E-state index in [4.69, 9.17) is 28.3 Å². The van der Waals surface area contributed by atoms with E-state index in [1.165, 1.54) is 28.1 Å². The molecule has 0 atom stereocenters. The number of carboxylic acids is 1. The van der Waals surface area contributed by atoms with Crippen LogP contribution in [0.2, 0.25) is 8.67 Å². The molecule has 22 heavy (non-hydrogen) atoms. The number of carbonyl (C=O) groups excluding carboxylic acids is 1. The predicted octanol–water partition coefficient (Wildman–Crippen LogP) is 3.85. The molecule has 2 aromatic rings. The van der Waals surface area contributed by atoms with Gasteiger partial charge in [-0.25, -0.2) is 9.78 Å². The lowest BCUT2D eigenvalue weighted by atomic mass is 10.1. The minimum atomic E-state index is -1.07. The van der Waals surface area contributed by atoms with E-state index in [1.807, 2.05) is 6.07 Å². The number of nitrogens with one attached hydrogen (secondary N) is 1. The van der Waals surface area contributed by atoms with Crippen molar-refractivity contribution in [3.63, 3.8) is 0 Å². The van der Waals surface area contributed by atoms with Crippen LogP contribution in [0.5, 0.6) is 0 Å². The van der Waals surface area contributed by atoms with Crippen molar-refractivity contribution < 1.29 is 14.7 Å². The summed E-state index contributed by atoms with van der Waals surface area (Å²) in [4.78, 5) is 26.3. The van der Waals surface area contributed by atoms with Crippen LogP contribution in [0, 0.1) is 0 Å². The lowest BCUT2D eigenvalue weighted by Gasteiger charge is -2.03. The Bertz CT molecular complexity index is 685. The number of carboxylic acid groups (broad SMARTS) is 1. The average molecular weight is 379 g/mol. The Morgan fingerprint density at radius 2 is 2.14 bits per heavy atom. The molecule has 0 saturated heterocycles. The summed E-state index contributed by atoms with van der Waals surface area (Å²) >= 11 is 14.4. The summed E-state index contributed by atoms with van der Waals surface area (Å²) in [6.07, 6.45) is 1.72. The van der Waals surface area contributed by atoms with Crippen molar-refractivity contribution >= 4 is 57.8 Å². The average Bonchev–Trinajstić information content (AvgIpc) is 3.04. The van der Waals surface area contributed by atoms with Gasteiger partial charge < -0.3 is 10.4 Å². The van der Waals surface area contributed by atoms with E-state index in [9.17, 15) is 9.59 Å². The van der Waals surface area contributed by atoms with E-state index < -0.39 is 5.97 Å². The Morgan fingerprint density at radius 3 is 2.73 bits per heavy atom. The standard InChI is InChI=1S/C13H12Cl2N2O3S2/c14-9-4-7(12(15)22-9)2-1-3-10(18)16-5-11-17-8(6-21-11)13(19)20/h4,6H,1-3,5H2,(H,16,18)(H,19,20). The summed E-state index contributed by atoms with van der Waals surface area (Å²) in [6, 6.07) is 1.81. The van der Waals surface area contributed by atoms with Crippen molar-refractivity contribution in [2.45, 2.75) is 25.8 Å². The molecule has 0 saturated carbocycles. The summed E-state index contributed by atoms with van der Waals surface area (Å²) in [5.74, 6) is -1.18. The molecule has 0 unspecified atom stereocenters. The Balaban J connectivity index is 1.71. The zero-order chi connectivity index (χ0) is 16.1. The van der Waals surface area contributed by atoms with Gasteiger partial charge in [-0.3, -0.25) is 4.79 Å². The third-order valence-electron chi connectivity index (χ3n) is 2.78. The molecular formula is C13H12Cl2N2O3S2. The van der Waals surface area contributed by atoms with Crippen LogP contribution in [-0.4, -0.2) is 22.0 Å². The van der Waals surface area contributed by atoms with Crippen LogP contribution in [0.3, 0.4) is 0 Å². The first-order chi connectivity index (χ1) is 10.5. The summed E-state index contributed by atoms with van der Waals surface area (Å²) in [5.41, 5.74) is 0.953. The highest BCUT2D eigenvalue weighted by Gasteiger charge is 2.10. The van der Waals surface area contributed by atoms with E-state index in [0.29, 0.717) is 32.9 Å². The lowest BCUT2D eigenvalue weighted by molar-refractivity contribution is -0.121. The lowest BCUT2D eigenvalue weighted by Crippen LogP contribution is -2.22. The van der Waals surface area contributed by atoms with Gasteiger partial charge in [0.05, 0.1) is 15.2 Å². The molecule has 5 nitrogen and oxygen atoms in total. The molecule has 1 amide bonds. The fourth-order valence-electron chi connectivity index (χ4n) is 1.74. The maximum atomic E-state index is 11.7. The van der Waals surface area contributed by atoms with Gasteiger partial charge in [-0.15, -0.1) is 22.7 Å². The van der Waals surface area contributed by atoms with Crippen LogP contribution >= 0.6 is 45.9 Å². The van der Waals surface area contributed by atoms with Crippen molar-refractivity contribution in [2.24, 2.45) is 0 Å². The van der Waals surface area contributed by atoms with Gasteiger partial charge in [0.2, 0.25) is 5.91 Å². The number of carbonyl (C=O) groups is 2. The van der Waals surface area contributed by atoms with Gasteiger partial charge in [0.15, 0.2) is 5.69 Å². The molecule has 0 bridgehead atoms. The van der Waals surface area contributed by atoms with Crippen LogP contribution in [0.4, 0.5) is 0 Å². The number of aryl methyl sites for hydroxylation is 1. The zero-order valence-electron chi connectivity index (χ0n) is 11.3. The van der Waals surface area contributed by atoms with Gasteiger partial charge in [0, 0.05) is 11.8 Å². The Hall–Kier alpha value is -1.15. The van der Waals surface area contributed by atoms with Crippen molar-refractivity contribution in [3.05, 3.63) is 36.4 Å². The monoisotopic (exact) mass is 378 g/mol. The molecule has 0 spiro atoms. The van der Waals surface area contributed by atoms with Crippen LogP contribution in [0.15, 0.2) is 11.4 Å². The molecule has 0 aliphatic rings. The smallest absolute Gasteiger partial charge is 0.355 e. The van der Waals surface area contributed by atoms with Crippen molar-refractivity contribution in [3.8, 4) is 0 Å². The number of aromatic carboxylic acids is 1. The molecule has 2 heterocycles. The van der Waals surface area contributed by atoms with Gasteiger partial charge in [-0.05, 0) is 24.5 Å². The highest BCUT2D eigenvalue weighted by atomic mass is 35.5. The van der Waals surface area contributed by atoms with E-state index in [1.54, 1.807) is 0 Å². The number of aromatic nitrogens is 1. The second-order valence-electron chi connectivity index (χ2n) is 4.41. The summed E-state index contributed by atoms with van der Waals surface area (Å²) in [6.45, 7) is 0.238. The number of thiophene rings is 1. The van der Waals surface area contributed by atoms with E-state index in [2.05, 4.69) is 10.3 Å². The first kappa shape index (κ1) is 17.2. The molecule has 2 rings (SSSR count). The fourth-order valence-corrected chi connectivity index (χ4v) is 3.99. The third-order valence-corrected chi connectivity index (χ3v) is 5.20. The van der Waals surface area contributed by atoms with E-state index in [-0.39, 0.29) is 18.1 Å². The largest absolute Gasteiger partial charge is 0.476 e. The second kappa shape index (κ2) is 7.92. The molecule has 0 aromatic carbocycles. The van der Waals surface area contributed by atoms with Crippen LogP contribution in [0.25, 0.3) is 0 Å². The highest BCUT2D eigenvalue weighted by molar-refractivity contribution is 7.20. The van der Waals surface area contributed by atoms with Crippen LogP contribution in [-0.2, 0) is 17.8 Å². The number of hydrogen-bond donors (Lipinski definition) is 2. The number of halogens is 2. The molecule has 9 heteroatoms. The molecule has 0 fully saturated rings. The van der Waals surface area contributed by atoms with Crippen molar-refractivity contribution in [2.75, 3.05) is 0 Å². The summed E-state index contributed by atoms with van der Waals surface area (Å²) in [7, 11) is 0. The minimum Gasteiger partial charge on any atom is -0.476 e. The molecule has 0 aliphatic carbocycles. The van der Waals surface area contributed by atoms with Crippen LogP contribution < -0.4 is 5.32 Å². The predicted molar refractivity (Wildman–Crippen MR) is 88.2 cm³/mol. The van der Waals surface area contributed by atoms with E-state index >= 15 is 0 Å². The number of amides is 1. The third kappa shape index (κ3) is 4.95. The maximum Gasteiger partial charge on any atom is 0.355 e.